The van der Waals surface area contributed by atoms with Crippen LogP contribution in [0.3, 0.4) is 0 Å². The smallest absolute Gasteiger partial charge is 0.166 e. The summed E-state index contributed by atoms with van der Waals surface area (Å²) in [6, 6.07) is 5.28. The highest BCUT2D eigenvalue weighted by atomic mass is 79.9. The number of hydrogen-bond acceptors (Lipinski definition) is 2. The van der Waals surface area contributed by atoms with Crippen molar-refractivity contribution in [2.75, 3.05) is 0 Å². The molecule has 14 heavy (non-hydrogen) atoms. The lowest BCUT2D eigenvalue weighted by Crippen LogP contribution is -1.92. The lowest BCUT2D eigenvalue weighted by molar-refractivity contribution is 0.111. The molecule has 0 saturated carbocycles. The summed E-state index contributed by atoms with van der Waals surface area (Å²) in [6.07, 6.45) is 0.771. The minimum absolute atomic E-state index is 0.172. The van der Waals surface area contributed by atoms with Crippen LogP contribution in [0.4, 0.5) is 0 Å². The quantitative estimate of drug-likeness (QED) is 0.794. The van der Waals surface area contributed by atoms with Crippen molar-refractivity contribution >= 4 is 33.1 Å². The topological polar surface area (TPSA) is 42.2 Å². The van der Waals surface area contributed by atoms with E-state index in [0.29, 0.717) is 15.6 Å². The molecule has 0 saturated heterocycles. The summed E-state index contributed by atoms with van der Waals surface area (Å²) < 4.78 is 2.38. The van der Waals surface area contributed by atoms with Crippen molar-refractivity contribution < 1.29 is 9.90 Å². The zero-order valence-electron chi connectivity index (χ0n) is 7.49. The average Bonchev–Trinajstić information content (AvgIpc) is 2.50. The summed E-state index contributed by atoms with van der Waals surface area (Å²) in [6.45, 7) is 0. The zero-order chi connectivity index (χ0) is 10.3. The molecule has 1 aromatic carbocycles. The fraction of sp³-hybridized carbons (Fsp3) is 0.100. The number of carbonyl (C=O) groups is 1. The number of aromatic nitrogens is 1. The van der Waals surface area contributed by atoms with Gasteiger partial charge in [0.2, 0.25) is 0 Å². The van der Waals surface area contributed by atoms with Gasteiger partial charge in [0.1, 0.15) is 5.75 Å². The summed E-state index contributed by atoms with van der Waals surface area (Å²) in [5, 5.41) is 10.4. The molecule has 3 nitrogen and oxygen atoms in total. The zero-order valence-corrected chi connectivity index (χ0v) is 9.08. The number of aryl methyl sites for hydroxylation is 1. The third-order valence-electron chi connectivity index (χ3n) is 2.31. The first kappa shape index (κ1) is 9.27. The van der Waals surface area contributed by atoms with E-state index in [4.69, 9.17) is 0 Å². The minimum atomic E-state index is 0.172. The monoisotopic (exact) mass is 253 g/mol. The highest BCUT2D eigenvalue weighted by Gasteiger charge is 2.10. The second-order valence-electron chi connectivity index (χ2n) is 3.07. The summed E-state index contributed by atoms with van der Waals surface area (Å²) in [4.78, 5) is 10.7. The molecule has 0 aliphatic carbocycles. The normalized spacial score (nSPS) is 10.7. The minimum Gasteiger partial charge on any atom is -0.506 e. The van der Waals surface area contributed by atoms with Crippen LogP contribution in [0.15, 0.2) is 22.7 Å². The Balaban J connectivity index is 2.91. The summed E-state index contributed by atoms with van der Waals surface area (Å²) in [5.74, 6) is 0.172. The predicted molar refractivity (Wildman–Crippen MR) is 57.7 cm³/mol. The van der Waals surface area contributed by atoms with E-state index in [-0.39, 0.29) is 5.75 Å². The van der Waals surface area contributed by atoms with Gasteiger partial charge in [-0.3, -0.25) is 4.79 Å². The lowest BCUT2D eigenvalue weighted by atomic mass is 10.2. The van der Waals surface area contributed by atoms with Crippen molar-refractivity contribution in [1.82, 2.24) is 4.57 Å². The molecule has 72 valence electrons. The van der Waals surface area contributed by atoms with Crippen molar-refractivity contribution in [3.63, 3.8) is 0 Å². The molecule has 1 aromatic heterocycles. The Morgan fingerprint density at radius 3 is 2.86 bits per heavy atom. The van der Waals surface area contributed by atoms with Gasteiger partial charge in [-0.2, -0.15) is 0 Å². The number of aromatic hydroxyl groups is 1. The first-order chi connectivity index (χ1) is 6.65. The van der Waals surface area contributed by atoms with Crippen LogP contribution in [-0.2, 0) is 7.05 Å². The molecule has 1 heterocycles. The first-order valence-corrected chi connectivity index (χ1v) is 4.86. The number of hydrogen-bond donors (Lipinski definition) is 1. The van der Waals surface area contributed by atoms with Crippen LogP contribution in [0.25, 0.3) is 10.9 Å². The number of halogens is 1. The molecule has 0 spiro atoms. The van der Waals surface area contributed by atoms with Crippen molar-refractivity contribution in [3.05, 3.63) is 28.4 Å². The molecule has 2 aromatic rings. The van der Waals surface area contributed by atoms with E-state index in [1.54, 1.807) is 23.7 Å². The maximum absolute atomic E-state index is 10.7. The molecule has 2 rings (SSSR count). The van der Waals surface area contributed by atoms with Gasteiger partial charge in [-0.15, -0.1) is 0 Å². The number of aldehydes is 1. The average molecular weight is 254 g/mol. The maximum Gasteiger partial charge on any atom is 0.166 e. The number of nitrogens with zero attached hydrogens (tertiary/aromatic N) is 1. The van der Waals surface area contributed by atoms with E-state index in [1.165, 1.54) is 0 Å². The third-order valence-corrected chi connectivity index (χ3v) is 2.95. The molecule has 0 radical (unpaired) electrons. The number of benzene rings is 1. The fourth-order valence-electron chi connectivity index (χ4n) is 1.50. The van der Waals surface area contributed by atoms with E-state index >= 15 is 0 Å². The molecule has 4 heteroatoms. The van der Waals surface area contributed by atoms with E-state index in [0.717, 1.165) is 11.8 Å². The molecule has 0 unspecified atom stereocenters. The predicted octanol–water partition coefficient (Wildman–Crippen LogP) is 2.46. The Bertz CT molecular complexity index is 516. The van der Waals surface area contributed by atoms with Crippen LogP contribution in [0.1, 0.15) is 10.5 Å². The summed E-state index contributed by atoms with van der Waals surface area (Å²) in [7, 11) is 1.79. The fourth-order valence-corrected chi connectivity index (χ4v) is 1.85. The van der Waals surface area contributed by atoms with Gasteiger partial charge in [-0.25, -0.2) is 0 Å². The first-order valence-electron chi connectivity index (χ1n) is 4.07. The van der Waals surface area contributed by atoms with E-state index in [2.05, 4.69) is 15.9 Å². The van der Waals surface area contributed by atoms with Crippen molar-refractivity contribution in [1.29, 1.82) is 0 Å². The van der Waals surface area contributed by atoms with Crippen molar-refractivity contribution in [2.24, 2.45) is 7.05 Å². The maximum atomic E-state index is 10.7. The van der Waals surface area contributed by atoms with E-state index in [1.807, 2.05) is 6.07 Å². The SMILES string of the molecule is Cn1c(C=O)cc2c(O)c(Br)ccc21. The Morgan fingerprint density at radius 2 is 2.21 bits per heavy atom. The van der Waals surface area contributed by atoms with Gasteiger partial charge in [-0.1, -0.05) is 0 Å². The van der Waals surface area contributed by atoms with Gasteiger partial charge < -0.3 is 9.67 Å². The molecule has 0 aliphatic heterocycles. The summed E-state index contributed by atoms with van der Waals surface area (Å²) in [5.41, 5.74) is 1.39. The third kappa shape index (κ3) is 1.14. The standard InChI is InChI=1S/C10H8BrNO2/c1-12-6(5-13)4-7-9(12)3-2-8(11)10(7)14/h2-5,14H,1H3. The van der Waals surface area contributed by atoms with Gasteiger partial charge in [0, 0.05) is 12.4 Å². The van der Waals surface area contributed by atoms with E-state index in [9.17, 15) is 9.90 Å². The second-order valence-corrected chi connectivity index (χ2v) is 3.93. The second kappa shape index (κ2) is 3.13. The van der Waals surface area contributed by atoms with Crippen molar-refractivity contribution in [3.8, 4) is 5.75 Å². The molecule has 0 fully saturated rings. The summed E-state index contributed by atoms with van der Waals surface area (Å²) >= 11 is 3.22. The Labute approximate surface area is 89.1 Å². The Kier molecular flexibility index (Phi) is 2.07. The van der Waals surface area contributed by atoms with Crippen molar-refractivity contribution in [2.45, 2.75) is 0 Å². The number of phenols is 1. The van der Waals surface area contributed by atoms with Crippen LogP contribution in [-0.4, -0.2) is 16.0 Å². The molecule has 1 N–H and O–H groups in total. The van der Waals surface area contributed by atoms with Gasteiger partial charge >= 0.3 is 0 Å². The van der Waals surface area contributed by atoms with Crippen LogP contribution >= 0.6 is 15.9 Å². The largest absolute Gasteiger partial charge is 0.506 e. The number of phenolic OH excluding ortho intramolecular Hbond substituents is 1. The molecule has 0 aliphatic rings. The lowest BCUT2D eigenvalue weighted by Gasteiger charge is -2.00. The molecule has 0 amide bonds. The Morgan fingerprint density at radius 1 is 1.50 bits per heavy atom. The molecule has 0 atom stereocenters. The van der Waals surface area contributed by atoms with E-state index < -0.39 is 0 Å². The molecular formula is C10H8BrNO2. The van der Waals surface area contributed by atoms with Crippen LogP contribution in [0, 0.1) is 0 Å². The highest BCUT2D eigenvalue weighted by Crippen LogP contribution is 2.33. The van der Waals surface area contributed by atoms with Gasteiger partial charge in [0.15, 0.2) is 6.29 Å². The number of carbonyl (C=O) groups excluding carboxylic acids is 1. The molecule has 0 bridgehead atoms. The highest BCUT2D eigenvalue weighted by molar-refractivity contribution is 9.10. The number of rotatable bonds is 1. The Hall–Kier alpha value is -1.29. The van der Waals surface area contributed by atoms with Crippen LogP contribution < -0.4 is 0 Å². The molecular weight excluding hydrogens is 246 g/mol. The number of fused-ring (bicyclic) bond motifs is 1. The van der Waals surface area contributed by atoms with Gasteiger partial charge in [0.25, 0.3) is 0 Å². The van der Waals surface area contributed by atoms with Crippen LogP contribution in [0.2, 0.25) is 0 Å². The van der Waals surface area contributed by atoms with Gasteiger partial charge in [-0.05, 0) is 34.1 Å². The van der Waals surface area contributed by atoms with Gasteiger partial charge in [0.05, 0.1) is 15.7 Å². The van der Waals surface area contributed by atoms with Crippen LogP contribution in [0.5, 0.6) is 5.75 Å².